The Morgan fingerprint density at radius 1 is 1.13 bits per heavy atom. The Morgan fingerprint density at radius 2 is 1.87 bits per heavy atom. The third-order valence-corrected chi connectivity index (χ3v) is 7.82. The third-order valence-electron chi connectivity index (χ3n) is 7.82. The van der Waals surface area contributed by atoms with Gasteiger partial charge in [0.25, 0.3) is 0 Å². The largest absolute Gasteiger partial charge is 0.444 e. The average Bonchev–Trinajstić information content (AvgIpc) is 2.97. The van der Waals surface area contributed by atoms with E-state index in [4.69, 9.17) is 9.72 Å². The zero-order chi connectivity index (χ0) is 32.8. The van der Waals surface area contributed by atoms with Crippen LogP contribution in [0.2, 0.25) is 0 Å². The number of fused-ring (bicyclic) bond motifs is 1. The number of ether oxygens (including phenoxy) is 1. The summed E-state index contributed by atoms with van der Waals surface area (Å²) >= 11 is 0. The summed E-state index contributed by atoms with van der Waals surface area (Å²) in [6.45, 7) is 16.1. The van der Waals surface area contributed by atoms with Crippen molar-refractivity contribution in [2.45, 2.75) is 73.0 Å². The van der Waals surface area contributed by atoms with Gasteiger partial charge in [-0.2, -0.15) is 10.2 Å². The van der Waals surface area contributed by atoms with Crippen LogP contribution in [0.3, 0.4) is 0 Å². The first-order chi connectivity index (χ1) is 21.2. The van der Waals surface area contributed by atoms with Gasteiger partial charge in [-0.1, -0.05) is 25.5 Å². The number of hydrogen-bond acceptors (Lipinski definition) is 8. The normalized spacial score (nSPS) is 15.4. The van der Waals surface area contributed by atoms with Crippen molar-refractivity contribution in [3.05, 3.63) is 75.2 Å². The van der Waals surface area contributed by atoms with Crippen molar-refractivity contribution in [2.24, 2.45) is 0 Å². The molecule has 0 saturated carbocycles. The van der Waals surface area contributed by atoms with Crippen molar-refractivity contribution >= 4 is 22.9 Å². The quantitative estimate of drug-likeness (QED) is 0.274. The number of benzene rings is 1. The van der Waals surface area contributed by atoms with Crippen LogP contribution in [0, 0.1) is 31.0 Å². The molecule has 4 heterocycles. The van der Waals surface area contributed by atoms with Gasteiger partial charge in [0.15, 0.2) is 5.65 Å². The highest BCUT2D eigenvalue weighted by Gasteiger charge is 2.33. The van der Waals surface area contributed by atoms with Crippen LogP contribution >= 0.6 is 0 Å². The van der Waals surface area contributed by atoms with Crippen molar-refractivity contribution in [3.63, 3.8) is 0 Å². The Balaban J connectivity index is 1.77. The summed E-state index contributed by atoms with van der Waals surface area (Å²) in [5, 5.41) is 10.7. The van der Waals surface area contributed by atoms with Gasteiger partial charge in [-0.05, 0) is 77.3 Å². The topological polar surface area (TPSA) is 117 Å². The molecular formula is C34H38FN7O3. The van der Waals surface area contributed by atoms with Gasteiger partial charge in [0.1, 0.15) is 23.3 Å². The van der Waals surface area contributed by atoms with Crippen LogP contribution in [-0.2, 0) is 4.74 Å². The molecule has 0 unspecified atom stereocenters. The minimum atomic E-state index is -0.632. The molecule has 45 heavy (non-hydrogen) atoms. The molecule has 0 radical (unpaired) electrons. The van der Waals surface area contributed by atoms with Crippen molar-refractivity contribution in [3.8, 4) is 23.0 Å². The van der Waals surface area contributed by atoms with Gasteiger partial charge in [0, 0.05) is 37.4 Å². The van der Waals surface area contributed by atoms with E-state index in [1.165, 1.54) is 10.6 Å². The highest BCUT2D eigenvalue weighted by atomic mass is 19.1. The first-order valence-electron chi connectivity index (χ1n) is 15.0. The van der Waals surface area contributed by atoms with Crippen LogP contribution in [0.5, 0.6) is 0 Å². The van der Waals surface area contributed by atoms with E-state index in [-0.39, 0.29) is 34.4 Å². The molecule has 1 amide bonds. The Hall–Kier alpha value is -4.85. The molecule has 4 aromatic rings. The number of amides is 1. The number of aromatic nitrogens is 4. The number of hydrogen-bond donors (Lipinski definition) is 0. The molecule has 0 spiro atoms. The average molecular weight is 612 g/mol. The predicted molar refractivity (Wildman–Crippen MR) is 171 cm³/mol. The van der Waals surface area contributed by atoms with Crippen LogP contribution in [0.1, 0.15) is 69.8 Å². The molecule has 0 aliphatic carbocycles. The summed E-state index contributed by atoms with van der Waals surface area (Å²) in [4.78, 5) is 44.6. The molecule has 1 aliphatic rings. The molecule has 234 valence electrons. The lowest BCUT2D eigenvalue weighted by Gasteiger charge is -2.41. The van der Waals surface area contributed by atoms with Crippen molar-refractivity contribution in [1.29, 1.82) is 5.26 Å². The second kappa shape index (κ2) is 11.9. The molecule has 0 bridgehead atoms. The monoisotopic (exact) mass is 611 g/mol. The Bertz CT molecular complexity index is 1910. The number of aryl methyl sites for hydroxylation is 2. The number of rotatable bonds is 4. The van der Waals surface area contributed by atoms with Crippen molar-refractivity contribution in [1.82, 2.24) is 24.4 Å². The Morgan fingerprint density at radius 3 is 2.51 bits per heavy atom. The fourth-order valence-electron chi connectivity index (χ4n) is 5.71. The SMILES string of the molecule is Cc1ccc(F)c(-c2nc3c(cc2C#N)c(N2CCN(C(=O)OC(C)(C)C)C[C@@H]2C)nc(=O)n3-c2c(C)ccnc2C(C)C)c1. The molecule has 1 saturated heterocycles. The van der Waals surface area contributed by atoms with Crippen molar-refractivity contribution < 1.29 is 13.9 Å². The minimum absolute atomic E-state index is 0.0328. The van der Waals surface area contributed by atoms with E-state index in [0.717, 1.165) is 11.1 Å². The minimum Gasteiger partial charge on any atom is -0.444 e. The van der Waals surface area contributed by atoms with Gasteiger partial charge in [0.2, 0.25) is 0 Å². The Labute approximate surface area is 262 Å². The molecule has 1 aliphatic heterocycles. The van der Waals surface area contributed by atoms with Gasteiger partial charge in [-0.15, -0.1) is 0 Å². The van der Waals surface area contributed by atoms with Gasteiger partial charge >= 0.3 is 11.8 Å². The number of pyridine rings is 2. The van der Waals surface area contributed by atoms with Crippen LogP contribution in [0.25, 0.3) is 28.0 Å². The molecule has 11 heteroatoms. The predicted octanol–water partition coefficient (Wildman–Crippen LogP) is 6.04. The maximum atomic E-state index is 15.2. The number of carbonyl (C=O) groups is 1. The number of anilines is 1. The zero-order valence-corrected chi connectivity index (χ0v) is 27.0. The van der Waals surface area contributed by atoms with Crippen LogP contribution in [0.4, 0.5) is 15.0 Å². The van der Waals surface area contributed by atoms with Gasteiger partial charge < -0.3 is 14.5 Å². The van der Waals surface area contributed by atoms with Gasteiger partial charge in [-0.25, -0.2) is 23.5 Å². The molecule has 0 N–H and O–H groups in total. The molecule has 1 atom stereocenters. The smallest absolute Gasteiger partial charge is 0.410 e. The maximum Gasteiger partial charge on any atom is 0.410 e. The third kappa shape index (κ3) is 6.10. The maximum absolute atomic E-state index is 15.2. The number of carbonyl (C=O) groups excluding carboxylic acids is 1. The number of halogens is 1. The molecule has 3 aromatic heterocycles. The standard InChI is InChI=1S/C34H38FN7O3/c1-19(2)27-29(21(4)11-12-37-27)42-31-25(16-23(17-36)28(38-31)24-15-20(3)9-10-26(24)35)30(39-32(42)43)41-14-13-40(18-22(41)5)33(44)45-34(6,7)8/h9-12,15-16,19,22H,13-14,18H2,1-8H3/t22-/m0/s1. The fourth-order valence-corrected chi connectivity index (χ4v) is 5.71. The first kappa shape index (κ1) is 31.6. The highest BCUT2D eigenvalue weighted by molar-refractivity contribution is 5.92. The number of nitriles is 1. The van der Waals surface area contributed by atoms with E-state index >= 15 is 4.39 Å². The number of nitrogens with zero attached hydrogens (tertiary/aromatic N) is 7. The zero-order valence-electron chi connectivity index (χ0n) is 27.0. The van der Waals surface area contributed by atoms with Crippen LogP contribution in [0.15, 0.2) is 41.3 Å². The van der Waals surface area contributed by atoms with E-state index in [2.05, 4.69) is 16.0 Å². The highest BCUT2D eigenvalue weighted by Crippen LogP contribution is 2.34. The molecule has 10 nitrogen and oxygen atoms in total. The van der Waals surface area contributed by atoms with E-state index in [9.17, 15) is 14.9 Å². The Kier molecular flexibility index (Phi) is 8.36. The summed E-state index contributed by atoms with van der Waals surface area (Å²) in [6, 6.07) is 10.0. The van der Waals surface area contributed by atoms with Gasteiger partial charge in [0.05, 0.1) is 28.0 Å². The summed E-state index contributed by atoms with van der Waals surface area (Å²) in [7, 11) is 0. The van der Waals surface area contributed by atoms with Crippen LogP contribution < -0.4 is 10.6 Å². The summed E-state index contributed by atoms with van der Waals surface area (Å²) in [5.74, 6) is -0.218. The van der Waals surface area contributed by atoms with E-state index in [1.807, 2.05) is 66.4 Å². The first-order valence-corrected chi connectivity index (χ1v) is 15.0. The van der Waals surface area contributed by atoms with E-state index in [1.54, 1.807) is 29.3 Å². The van der Waals surface area contributed by atoms with Crippen LogP contribution in [-0.4, -0.2) is 61.8 Å². The molecule has 5 rings (SSSR count). The second-order valence-electron chi connectivity index (χ2n) is 12.9. The lowest BCUT2D eigenvalue weighted by atomic mass is 10.0. The lowest BCUT2D eigenvalue weighted by Crippen LogP contribution is -2.55. The second-order valence-corrected chi connectivity index (χ2v) is 12.9. The summed E-state index contributed by atoms with van der Waals surface area (Å²) in [6.07, 6.45) is 1.29. The fraction of sp³-hybridized carbons (Fsp3) is 0.412. The summed E-state index contributed by atoms with van der Waals surface area (Å²) < 4.78 is 22.3. The summed E-state index contributed by atoms with van der Waals surface area (Å²) in [5.41, 5.74) is 2.29. The molecular weight excluding hydrogens is 573 g/mol. The van der Waals surface area contributed by atoms with Crippen molar-refractivity contribution in [2.75, 3.05) is 24.5 Å². The number of piperazine rings is 1. The van der Waals surface area contributed by atoms with E-state index in [0.29, 0.717) is 42.2 Å². The molecule has 1 fully saturated rings. The lowest BCUT2D eigenvalue weighted by molar-refractivity contribution is 0.0218. The van der Waals surface area contributed by atoms with E-state index < -0.39 is 23.2 Å². The molecule has 1 aromatic carbocycles. The van der Waals surface area contributed by atoms with Gasteiger partial charge in [-0.3, -0.25) is 4.98 Å².